The van der Waals surface area contributed by atoms with Crippen molar-refractivity contribution in [3.05, 3.63) is 22.4 Å². The molecule has 1 rings (SSSR count). The van der Waals surface area contributed by atoms with Gasteiger partial charge < -0.3 is 4.90 Å². The van der Waals surface area contributed by atoms with Crippen molar-refractivity contribution < 1.29 is 4.79 Å². The van der Waals surface area contributed by atoms with Gasteiger partial charge in [0.25, 0.3) is 0 Å². The summed E-state index contributed by atoms with van der Waals surface area (Å²) in [6.07, 6.45) is 4.08. The zero-order valence-corrected chi connectivity index (χ0v) is 11.9. The molecule has 3 heteroatoms. The molecule has 2 nitrogen and oxygen atoms in total. The maximum Gasteiger partial charge on any atom is 0.172 e. The Morgan fingerprint density at radius 3 is 2.88 bits per heavy atom. The third-order valence-electron chi connectivity index (χ3n) is 3.17. The summed E-state index contributed by atoms with van der Waals surface area (Å²) in [6, 6.07) is 4.47. The molecule has 0 saturated carbocycles. The predicted octanol–water partition coefficient (Wildman–Crippen LogP) is 3.83. The van der Waals surface area contributed by atoms with Crippen molar-refractivity contribution in [2.45, 2.75) is 45.6 Å². The molecule has 0 aliphatic heterocycles. The van der Waals surface area contributed by atoms with Crippen LogP contribution in [0.3, 0.4) is 0 Å². The van der Waals surface area contributed by atoms with Gasteiger partial charge in [0.1, 0.15) is 0 Å². The summed E-state index contributed by atoms with van der Waals surface area (Å²) in [5.41, 5.74) is 0. The first-order valence-electron chi connectivity index (χ1n) is 6.42. The van der Waals surface area contributed by atoms with Gasteiger partial charge in [-0.3, -0.25) is 4.79 Å². The van der Waals surface area contributed by atoms with E-state index in [2.05, 4.69) is 25.8 Å². The van der Waals surface area contributed by atoms with Crippen molar-refractivity contribution in [1.82, 2.24) is 4.90 Å². The molecule has 0 N–H and O–H groups in total. The fourth-order valence-electron chi connectivity index (χ4n) is 1.91. The van der Waals surface area contributed by atoms with Crippen molar-refractivity contribution in [1.29, 1.82) is 0 Å². The van der Waals surface area contributed by atoms with E-state index in [0.29, 0.717) is 12.5 Å². The highest BCUT2D eigenvalue weighted by molar-refractivity contribution is 7.12. The second-order valence-electron chi connectivity index (χ2n) is 4.62. The number of nitrogens with zero attached hydrogens (tertiary/aromatic N) is 1. The Morgan fingerprint density at radius 2 is 2.29 bits per heavy atom. The van der Waals surface area contributed by atoms with Crippen LogP contribution in [0.4, 0.5) is 0 Å². The Balaban J connectivity index is 2.21. The lowest BCUT2D eigenvalue weighted by Gasteiger charge is -2.23. The molecule has 0 amide bonds. The minimum Gasteiger partial charge on any atom is -0.304 e. The molecule has 96 valence electrons. The topological polar surface area (TPSA) is 20.3 Å². The van der Waals surface area contributed by atoms with Gasteiger partial charge in [0.05, 0.1) is 4.88 Å². The van der Waals surface area contributed by atoms with Gasteiger partial charge in [-0.1, -0.05) is 19.4 Å². The van der Waals surface area contributed by atoms with Crippen LogP contribution in [0.15, 0.2) is 17.5 Å². The fourth-order valence-corrected chi connectivity index (χ4v) is 2.60. The van der Waals surface area contributed by atoms with Crippen molar-refractivity contribution >= 4 is 17.1 Å². The number of hydrogen-bond donors (Lipinski definition) is 0. The van der Waals surface area contributed by atoms with Gasteiger partial charge in [-0.05, 0) is 44.8 Å². The first-order chi connectivity index (χ1) is 8.15. The Hall–Kier alpha value is -0.670. The van der Waals surface area contributed by atoms with E-state index in [4.69, 9.17) is 0 Å². The lowest BCUT2D eigenvalue weighted by atomic mass is 10.1. The Kier molecular flexibility index (Phi) is 6.45. The van der Waals surface area contributed by atoms with E-state index in [-0.39, 0.29) is 5.78 Å². The summed E-state index contributed by atoms with van der Waals surface area (Å²) in [5, 5.41) is 1.96. The van der Waals surface area contributed by atoms with Crippen molar-refractivity contribution in [3.8, 4) is 0 Å². The summed E-state index contributed by atoms with van der Waals surface area (Å²) in [6.45, 7) is 5.48. The van der Waals surface area contributed by atoms with Gasteiger partial charge in [-0.15, -0.1) is 11.3 Å². The highest BCUT2D eigenvalue weighted by Crippen LogP contribution is 2.13. The van der Waals surface area contributed by atoms with Gasteiger partial charge in [0, 0.05) is 12.5 Å². The summed E-state index contributed by atoms with van der Waals surface area (Å²) in [4.78, 5) is 15.0. The Morgan fingerprint density at radius 1 is 1.53 bits per heavy atom. The minimum absolute atomic E-state index is 0.288. The average molecular weight is 253 g/mol. The van der Waals surface area contributed by atoms with E-state index < -0.39 is 0 Å². The number of carbonyl (C=O) groups excluding carboxylic acids is 1. The molecule has 0 aliphatic rings. The molecule has 0 fully saturated rings. The first kappa shape index (κ1) is 14.4. The SMILES string of the molecule is CCCC(C)N(C)CCCC(=O)c1cccs1. The largest absolute Gasteiger partial charge is 0.304 e. The molecule has 0 spiro atoms. The molecule has 1 aromatic rings. The monoisotopic (exact) mass is 253 g/mol. The molecule has 1 heterocycles. The maximum atomic E-state index is 11.8. The van der Waals surface area contributed by atoms with E-state index in [0.717, 1.165) is 17.8 Å². The van der Waals surface area contributed by atoms with Gasteiger partial charge in [-0.2, -0.15) is 0 Å². The number of thiophene rings is 1. The van der Waals surface area contributed by atoms with Gasteiger partial charge in [0.2, 0.25) is 0 Å². The quantitative estimate of drug-likeness (QED) is 0.656. The van der Waals surface area contributed by atoms with Gasteiger partial charge in [-0.25, -0.2) is 0 Å². The molecular weight excluding hydrogens is 230 g/mol. The van der Waals surface area contributed by atoms with Crippen molar-refractivity contribution in [2.24, 2.45) is 0 Å². The second kappa shape index (κ2) is 7.62. The maximum absolute atomic E-state index is 11.8. The number of hydrogen-bond acceptors (Lipinski definition) is 3. The number of rotatable bonds is 8. The highest BCUT2D eigenvalue weighted by atomic mass is 32.1. The fraction of sp³-hybridized carbons (Fsp3) is 0.643. The number of carbonyl (C=O) groups is 1. The van der Waals surface area contributed by atoms with Crippen LogP contribution in [-0.2, 0) is 0 Å². The second-order valence-corrected chi connectivity index (χ2v) is 5.57. The first-order valence-corrected chi connectivity index (χ1v) is 7.30. The average Bonchev–Trinajstić information content (AvgIpc) is 2.82. The predicted molar refractivity (Wildman–Crippen MR) is 74.9 cm³/mol. The van der Waals surface area contributed by atoms with E-state index in [9.17, 15) is 4.79 Å². The molecule has 17 heavy (non-hydrogen) atoms. The third-order valence-corrected chi connectivity index (χ3v) is 4.08. The van der Waals surface area contributed by atoms with E-state index in [1.54, 1.807) is 11.3 Å². The normalized spacial score (nSPS) is 12.9. The molecule has 0 bridgehead atoms. The molecule has 0 radical (unpaired) electrons. The molecular formula is C14H23NOS. The molecule has 1 aromatic heterocycles. The number of Topliss-reactive ketones (excluding diaryl/α,β-unsaturated/α-hetero) is 1. The number of ketones is 1. The Labute approximate surface area is 109 Å². The van der Waals surface area contributed by atoms with Crippen molar-refractivity contribution in [2.75, 3.05) is 13.6 Å². The summed E-state index contributed by atoms with van der Waals surface area (Å²) in [7, 11) is 2.15. The summed E-state index contributed by atoms with van der Waals surface area (Å²) >= 11 is 1.54. The van der Waals surface area contributed by atoms with Crippen molar-refractivity contribution in [3.63, 3.8) is 0 Å². The van der Waals surface area contributed by atoms with E-state index in [1.807, 2.05) is 17.5 Å². The van der Waals surface area contributed by atoms with Crippen LogP contribution in [0.2, 0.25) is 0 Å². The van der Waals surface area contributed by atoms with Crippen LogP contribution >= 0.6 is 11.3 Å². The summed E-state index contributed by atoms with van der Waals surface area (Å²) in [5.74, 6) is 0.288. The Bertz CT molecular complexity index is 321. The molecule has 1 atom stereocenters. The van der Waals surface area contributed by atoms with Crippen LogP contribution < -0.4 is 0 Å². The standard InChI is InChI=1S/C14H23NOS/c1-4-7-12(2)15(3)10-5-8-13(16)14-9-6-11-17-14/h6,9,11-12H,4-5,7-8,10H2,1-3H3. The zero-order chi connectivity index (χ0) is 12.7. The minimum atomic E-state index is 0.288. The molecule has 0 saturated heterocycles. The van der Waals surface area contributed by atoms with Gasteiger partial charge >= 0.3 is 0 Å². The van der Waals surface area contributed by atoms with E-state index >= 15 is 0 Å². The molecule has 0 aliphatic carbocycles. The lowest BCUT2D eigenvalue weighted by Crippen LogP contribution is -2.30. The van der Waals surface area contributed by atoms with Crippen LogP contribution in [0.25, 0.3) is 0 Å². The van der Waals surface area contributed by atoms with Crippen LogP contribution in [0, 0.1) is 0 Å². The van der Waals surface area contributed by atoms with Gasteiger partial charge in [0.15, 0.2) is 5.78 Å². The smallest absolute Gasteiger partial charge is 0.172 e. The van der Waals surface area contributed by atoms with Crippen LogP contribution in [0.5, 0.6) is 0 Å². The summed E-state index contributed by atoms with van der Waals surface area (Å²) < 4.78 is 0. The van der Waals surface area contributed by atoms with E-state index in [1.165, 1.54) is 12.8 Å². The zero-order valence-electron chi connectivity index (χ0n) is 11.1. The van der Waals surface area contributed by atoms with Crippen LogP contribution in [0.1, 0.15) is 49.2 Å². The lowest BCUT2D eigenvalue weighted by molar-refractivity contribution is 0.0977. The molecule has 0 aromatic carbocycles. The molecule has 1 unspecified atom stereocenters. The van der Waals surface area contributed by atoms with Crippen LogP contribution in [-0.4, -0.2) is 30.3 Å². The third kappa shape index (κ3) is 5.00. The highest BCUT2D eigenvalue weighted by Gasteiger charge is 2.10.